The highest BCUT2D eigenvalue weighted by Gasteiger charge is 2.07. The summed E-state index contributed by atoms with van der Waals surface area (Å²) in [5.41, 5.74) is 0. The third-order valence-corrected chi connectivity index (χ3v) is 3.49. The van der Waals surface area contributed by atoms with Gasteiger partial charge < -0.3 is 0 Å². The van der Waals surface area contributed by atoms with Crippen LogP contribution in [0.1, 0.15) is 19.3 Å². The molecule has 0 spiro atoms. The van der Waals surface area contributed by atoms with Crippen molar-refractivity contribution in [2.75, 3.05) is 0 Å². The maximum atomic E-state index is 11.7. The quantitative estimate of drug-likeness (QED) is 0.737. The monoisotopic (exact) mass is 235 g/mol. The molecule has 0 saturated heterocycles. The Balaban J connectivity index is 2.64. The lowest BCUT2D eigenvalue weighted by Crippen LogP contribution is -1.95. The number of allylic oxidation sites excluding steroid dienone is 1. The van der Waals surface area contributed by atoms with Gasteiger partial charge in [-0.15, -0.1) is 0 Å². The van der Waals surface area contributed by atoms with Crippen molar-refractivity contribution in [1.82, 2.24) is 0 Å². The number of hydrogen-bond donors (Lipinski definition) is 0. The number of rotatable bonds is 5. The van der Waals surface area contributed by atoms with Crippen LogP contribution in [-0.4, -0.2) is 8.42 Å². The number of benzene rings is 1. The summed E-state index contributed by atoms with van der Waals surface area (Å²) >= 11 is 0. The van der Waals surface area contributed by atoms with Crippen LogP contribution in [-0.2, 0) is 9.84 Å². The number of hydrogen-bond acceptors (Lipinski definition) is 3. The summed E-state index contributed by atoms with van der Waals surface area (Å²) in [6, 6.07) is 10.3. The second-order valence-electron chi connectivity index (χ2n) is 3.28. The van der Waals surface area contributed by atoms with Gasteiger partial charge in [-0.1, -0.05) is 24.3 Å². The molecule has 1 rings (SSSR count). The van der Waals surface area contributed by atoms with Gasteiger partial charge >= 0.3 is 0 Å². The molecule has 0 N–H and O–H groups in total. The number of sulfone groups is 1. The van der Waals surface area contributed by atoms with Crippen LogP contribution in [0.2, 0.25) is 0 Å². The molecule has 0 amide bonds. The molecule has 0 unspecified atom stereocenters. The van der Waals surface area contributed by atoms with Gasteiger partial charge in [-0.2, -0.15) is 5.26 Å². The summed E-state index contributed by atoms with van der Waals surface area (Å²) in [5.74, 6) is 0. The lowest BCUT2D eigenvalue weighted by molar-refractivity contribution is 0.604. The topological polar surface area (TPSA) is 57.9 Å². The molecular formula is C12H13NO2S. The lowest BCUT2D eigenvalue weighted by atomic mass is 10.2. The first kappa shape index (κ1) is 12.5. The summed E-state index contributed by atoms with van der Waals surface area (Å²) < 4.78 is 23.4. The van der Waals surface area contributed by atoms with E-state index in [-0.39, 0.29) is 0 Å². The average Bonchev–Trinajstić information content (AvgIpc) is 2.30. The summed E-state index contributed by atoms with van der Waals surface area (Å²) in [7, 11) is -3.31. The van der Waals surface area contributed by atoms with Crippen LogP contribution in [0.15, 0.2) is 46.7 Å². The van der Waals surface area contributed by atoms with Crippen LogP contribution in [0.4, 0.5) is 0 Å². The van der Waals surface area contributed by atoms with Gasteiger partial charge in [0.15, 0.2) is 9.84 Å². The summed E-state index contributed by atoms with van der Waals surface area (Å²) in [6.07, 6.45) is 3.35. The van der Waals surface area contributed by atoms with E-state index in [0.717, 1.165) is 0 Å². The minimum atomic E-state index is -3.31. The molecule has 0 bridgehead atoms. The highest BCUT2D eigenvalue weighted by Crippen LogP contribution is 2.11. The summed E-state index contributed by atoms with van der Waals surface area (Å²) in [5, 5.41) is 9.52. The van der Waals surface area contributed by atoms with Crippen LogP contribution < -0.4 is 0 Å². The van der Waals surface area contributed by atoms with Gasteiger partial charge in [0.2, 0.25) is 0 Å². The third-order valence-electron chi connectivity index (χ3n) is 2.01. The van der Waals surface area contributed by atoms with Crippen molar-refractivity contribution in [3.8, 4) is 6.07 Å². The first-order valence-electron chi connectivity index (χ1n) is 5.00. The predicted molar refractivity (Wildman–Crippen MR) is 62.2 cm³/mol. The average molecular weight is 235 g/mol. The fraction of sp³-hybridized carbons (Fsp3) is 0.250. The van der Waals surface area contributed by atoms with E-state index in [1.54, 1.807) is 36.4 Å². The molecule has 84 valence electrons. The standard InChI is InChI=1S/C12H13NO2S/c13-10-6-1-2-7-11-16(14,15)12-8-4-3-5-9-12/h3-5,7-9,11H,1-2,6H2/b11-7+. The van der Waals surface area contributed by atoms with Crippen molar-refractivity contribution < 1.29 is 8.42 Å². The van der Waals surface area contributed by atoms with E-state index in [9.17, 15) is 8.42 Å². The number of nitrogens with zero attached hydrogens (tertiary/aromatic N) is 1. The Labute approximate surface area is 95.9 Å². The highest BCUT2D eigenvalue weighted by atomic mass is 32.2. The molecule has 0 aliphatic rings. The first-order valence-corrected chi connectivity index (χ1v) is 6.55. The molecule has 1 aromatic rings. The molecule has 0 radical (unpaired) electrons. The van der Waals surface area contributed by atoms with Gasteiger partial charge in [0, 0.05) is 11.8 Å². The molecule has 0 atom stereocenters. The second-order valence-corrected chi connectivity index (χ2v) is 5.11. The van der Waals surface area contributed by atoms with Gasteiger partial charge in [0.1, 0.15) is 0 Å². The van der Waals surface area contributed by atoms with Crippen LogP contribution >= 0.6 is 0 Å². The van der Waals surface area contributed by atoms with Crippen LogP contribution in [0.5, 0.6) is 0 Å². The summed E-state index contributed by atoms with van der Waals surface area (Å²) in [4.78, 5) is 0.298. The van der Waals surface area contributed by atoms with E-state index in [1.807, 2.05) is 6.07 Å². The zero-order chi connectivity index (χ0) is 11.9. The number of unbranched alkanes of at least 4 members (excludes halogenated alkanes) is 2. The third kappa shape index (κ3) is 3.87. The smallest absolute Gasteiger partial charge is 0.199 e. The molecule has 0 aromatic heterocycles. The van der Waals surface area contributed by atoms with E-state index >= 15 is 0 Å². The highest BCUT2D eigenvalue weighted by molar-refractivity contribution is 7.94. The predicted octanol–water partition coefficient (Wildman–Crippen LogP) is 2.67. The van der Waals surface area contributed by atoms with Gasteiger partial charge in [0.25, 0.3) is 0 Å². The van der Waals surface area contributed by atoms with Crippen molar-refractivity contribution in [3.63, 3.8) is 0 Å². The van der Waals surface area contributed by atoms with E-state index < -0.39 is 9.84 Å². The first-order chi connectivity index (χ1) is 7.67. The zero-order valence-corrected chi connectivity index (χ0v) is 9.65. The van der Waals surface area contributed by atoms with Gasteiger partial charge in [-0.25, -0.2) is 8.42 Å². The van der Waals surface area contributed by atoms with Gasteiger partial charge in [-0.05, 0) is 25.0 Å². The van der Waals surface area contributed by atoms with E-state index in [4.69, 9.17) is 5.26 Å². The molecule has 0 aliphatic heterocycles. The van der Waals surface area contributed by atoms with Crippen molar-refractivity contribution in [3.05, 3.63) is 41.8 Å². The lowest BCUT2D eigenvalue weighted by Gasteiger charge is -1.97. The fourth-order valence-corrected chi connectivity index (χ4v) is 2.27. The van der Waals surface area contributed by atoms with Crippen LogP contribution in [0, 0.1) is 11.3 Å². The molecule has 0 saturated carbocycles. The SMILES string of the molecule is N#CCCC/C=C/S(=O)(=O)c1ccccc1. The Morgan fingerprint density at radius 2 is 1.94 bits per heavy atom. The fourth-order valence-electron chi connectivity index (χ4n) is 1.18. The maximum Gasteiger partial charge on any atom is 0.199 e. The molecule has 1 aromatic carbocycles. The molecule has 0 fully saturated rings. The van der Waals surface area contributed by atoms with E-state index in [1.165, 1.54) is 5.41 Å². The molecule has 0 aliphatic carbocycles. The van der Waals surface area contributed by atoms with E-state index in [2.05, 4.69) is 0 Å². The van der Waals surface area contributed by atoms with Crippen LogP contribution in [0.25, 0.3) is 0 Å². The van der Waals surface area contributed by atoms with Crippen molar-refractivity contribution in [2.45, 2.75) is 24.2 Å². The Morgan fingerprint density at radius 3 is 2.56 bits per heavy atom. The van der Waals surface area contributed by atoms with Crippen molar-refractivity contribution >= 4 is 9.84 Å². The minimum Gasteiger partial charge on any atom is -0.219 e. The van der Waals surface area contributed by atoms with Gasteiger partial charge in [-0.3, -0.25) is 0 Å². The Morgan fingerprint density at radius 1 is 1.25 bits per heavy atom. The summed E-state index contributed by atoms with van der Waals surface area (Å²) in [6.45, 7) is 0. The number of nitriles is 1. The van der Waals surface area contributed by atoms with Gasteiger partial charge in [0.05, 0.1) is 11.0 Å². The van der Waals surface area contributed by atoms with Crippen molar-refractivity contribution in [1.29, 1.82) is 5.26 Å². The van der Waals surface area contributed by atoms with E-state index in [0.29, 0.717) is 24.2 Å². The molecule has 0 heterocycles. The largest absolute Gasteiger partial charge is 0.219 e. The Kier molecular flexibility index (Phi) is 4.74. The normalized spacial score (nSPS) is 11.4. The maximum absolute atomic E-state index is 11.7. The Hall–Kier alpha value is -1.60. The molecule has 3 nitrogen and oxygen atoms in total. The minimum absolute atomic E-state index is 0.298. The Bertz CT molecular complexity index is 484. The van der Waals surface area contributed by atoms with Crippen molar-refractivity contribution in [2.24, 2.45) is 0 Å². The molecule has 16 heavy (non-hydrogen) atoms. The second kappa shape index (κ2) is 6.09. The molecular weight excluding hydrogens is 222 g/mol. The van der Waals surface area contributed by atoms with Crippen LogP contribution in [0.3, 0.4) is 0 Å². The molecule has 4 heteroatoms. The zero-order valence-electron chi connectivity index (χ0n) is 8.83.